The maximum absolute atomic E-state index is 13.6. The molecule has 3 aromatic rings. The maximum atomic E-state index is 13.6. The van der Waals surface area contributed by atoms with Gasteiger partial charge in [0.1, 0.15) is 5.82 Å². The summed E-state index contributed by atoms with van der Waals surface area (Å²) >= 11 is 0. The van der Waals surface area contributed by atoms with Gasteiger partial charge in [-0.05, 0) is 59.9 Å². The maximum Gasteiger partial charge on any atom is 0.214 e. The number of nitrogens with one attached hydrogen (secondary N) is 1. The quantitative estimate of drug-likeness (QED) is 0.439. The number of amides is 1. The van der Waals surface area contributed by atoms with Gasteiger partial charge in [-0.2, -0.15) is 0 Å². The number of halogens is 1. The lowest BCUT2D eigenvalue weighted by molar-refractivity contribution is -0.159. The molecule has 2 aromatic heterocycles. The first-order valence-corrected chi connectivity index (χ1v) is 12.2. The first-order valence-electron chi connectivity index (χ1n) is 12.2. The van der Waals surface area contributed by atoms with Crippen molar-refractivity contribution in [1.82, 2.24) is 9.97 Å². The second-order valence-electron chi connectivity index (χ2n) is 9.01. The summed E-state index contributed by atoms with van der Waals surface area (Å²) < 4.78 is 25.3. The number of pyridine rings is 2. The number of carbonyl (C=O) groups is 1. The molecule has 1 aliphatic heterocycles. The van der Waals surface area contributed by atoms with Gasteiger partial charge in [-0.15, -0.1) is 0 Å². The Morgan fingerprint density at radius 2 is 1.97 bits per heavy atom. The van der Waals surface area contributed by atoms with Crippen molar-refractivity contribution in [2.75, 3.05) is 30.0 Å². The molecule has 0 unspecified atom stereocenters. The average molecular weight is 489 g/mol. The number of hydrogen-bond acceptors (Lipinski definition) is 6. The number of ether oxygens (including phenoxy) is 2. The van der Waals surface area contributed by atoms with E-state index in [1.165, 1.54) is 12.1 Å². The molecule has 0 atom stereocenters. The van der Waals surface area contributed by atoms with Gasteiger partial charge in [0.25, 0.3) is 0 Å². The van der Waals surface area contributed by atoms with Crippen molar-refractivity contribution < 1.29 is 18.7 Å². The van der Waals surface area contributed by atoms with Crippen molar-refractivity contribution in [2.24, 2.45) is 0 Å². The smallest absolute Gasteiger partial charge is 0.214 e. The minimum absolute atomic E-state index is 0.255. The van der Waals surface area contributed by atoms with E-state index in [0.29, 0.717) is 50.7 Å². The fourth-order valence-electron chi connectivity index (χ4n) is 4.68. The molecule has 1 aliphatic carbocycles. The molecular weight excluding hydrogens is 459 g/mol. The van der Waals surface area contributed by atoms with E-state index in [1.807, 2.05) is 30.3 Å². The molecular formula is C28H29FN4O3. The minimum atomic E-state index is -0.493. The molecule has 36 heavy (non-hydrogen) atoms. The average Bonchev–Trinajstić information content (AvgIpc) is 3.36. The van der Waals surface area contributed by atoms with Crippen LogP contribution in [0.5, 0.6) is 0 Å². The molecule has 3 heterocycles. The molecule has 1 amide bonds. The Kier molecular flexibility index (Phi) is 7.34. The van der Waals surface area contributed by atoms with Crippen LogP contribution in [0.2, 0.25) is 0 Å². The summed E-state index contributed by atoms with van der Waals surface area (Å²) in [4.78, 5) is 22.8. The molecule has 0 bridgehead atoms. The molecule has 186 valence electrons. The lowest BCUT2D eigenvalue weighted by Crippen LogP contribution is -2.31. The summed E-state index contributed by atoms with van der Waals surface area (Å²) in [5, 5.41) is 3.38. The van der Waals surface area contributed by atoms with Crippen LogP contribution in [-0.4, -0.2) is 41.9 Å². The van der Waals surface area contributed by atoms with Crippen LogP contribution in [0.4, 0.5) is 15.9 Å². The van der Waals surface area contributed by atoms with Crippen LogP contribution < -0.4 is 10.2 Å². The van der Waals surface area contributed by atoms with Gasteiger partial charge < -0.3 is 19.7 Å². The van der Waals surface area contributed by atoms with Gasteiger partial charge in [0.05, 0.1) is 31.1 Å². The SMILES string of the molecule is O=CN(Cc1cccnc1)c1ccc(C2=CCC3(CC2)OCCO3)nc1NCCc1cccc(F)c1. The number of aromatic nitrogens is 2. The lowest BCUT2D eigenvalue weighted by Gasteiger charge is -2.30. The number of rotatable bonds is 9. The van der Waals surface area contributed by atoms with Gasteiger partial charge in [0.2, 0.25) is 6.41 Å². The number of allylic oxidation sites excluding steroid dienone is 1. The Hall–Kier alpha value is -3.62. The van der Waals surface area contributed by atoms with Gasteiger partial charge in [0.15, 0.2) is 11.6 Å². The molecule has 2 aliphatic rings. The largest absolute Gasteiger partial charge is 0.368 e. The Morgan fingerprint density at radius 3 is 2.69 bits per heavy atom. The third-order valence-corrected chi connectivity index (χ3v) is 6.56. The van der Waals surface area contributed by atoms with Crippen LogP contribution in [0.1, 0.15) is 36.1 Å². The predicted octanol–water partition coefficient (Wildman–Crippen LogP) is 4.74. The van der Waals surface area contributed by atoms with Gasteiger partial charge in [-0.25, -0.2) is 9.37 Å². The monoisotopic (exact) mass is 488 g/mol. The van der Waals surface area contributed by atoms with E-state index in [2.05, 4.69) is 16.4 Å². The molecule has 8 heteroatoms. The number of benzene rings is 1. The number of anilines is 2. The Bertz CT molecular complexity index is 1230. The second kappa shape index (κ2) is 11.0. The number of hydrogen-bond donors (Lipinski definition) is 1. The van der Waals surface area contributed by atoms with Crippen molar-refractivity contribution in [1.29, 1.82) is 0 Å². The van der Waals surface area contributed by atoms with Gasteiger partial charge in [-0.1, -0.05) is 24.3 Å². The van der Waals surface area contributed by atoms with Crippen molar-refractivity contribution in [3.63, 3.8) is 0 Å². The molecule has 1 N–H and O–H groups in total. The molecule has 7 nitrogen and oxygen atoms in total. The van der Waals surface area contributed by atoms with Crippen molar-refractivity contribution >= 4 is 23.5 Å². The molecule has 5 rings (SSSR count). The van der Waals surface area contributed by atoms with Crippen LogP contribution in [0.25, 0.3) is 5.57 Å². The van der Waals surface area contributed by atoms with E-state index in [4.69, 9.17) is 14.5 Å². The van der Waals surface area contributed by atoms with Gasteiger partial charge >= 0.3 is 0 Å². The van der Waals surface area contributed by atoms with Crippen LogP contribution in [0, 0.1) is 5.82 Å². The van der Waals surface area contributed by atoms with Gasteiger partial charge in [0, 0.05) is 31.8 Å². The van der Waals surface area contributed by atoms with E-state index in [0.717, 1.165) is 41.6 Å². The highest BCUT2D eigenvalue weighted by Crippen LogP contribution is 2.38. The lowest BCUT2D eigenvalue weighted by atomic mass is 9.92. The normalized spacial score (nSPS) is 16.5. The van der Waals surface area contributed by atoms with Crippen molar-refractivity contribution in [2.45, 2.75) is 38.0 Å². The highest BCUT2D eigenvalue weighted by Gasteiger charge is 2.38. The molecule has 1 fully saturated rings. The number of carbonyl (C=O) groups excluding carboxylic acids is 1. The Labute approximate surface area is 210 Å². The zero-order valence-corrected chi connectivity index (χ0v) is 20.0. The Morgan fingerprint density at radius 1 is 1.11 bits per heavy atom. The van der Waals surface area contributed by atoms with E-state index < -0.39 is 5.79 Å². The zero-order valence-electron chi connectivity index (χ0n) is 20.0. The van der Waals surface area contributed by atoms with Crippen LogP contribution in [0.3, 0.4) is 0 Å². The molecule has 1 aromatic carbocycles. The predicted molar refractivity (Wildman–Crippen MR) is 136 cm³/mol. The van der Waals surface area contributed by atoms with Crippen molar-refractivity contribution in [3.8, 4) is 0 Å². The van der Waals surface area contributed by atoms with E-state index in [1.54, 1.807) is 23.4 Å². The van der Waals surface area contributed by atoms with Crippen LogP contribution in [-0.2, 0) is 27.2 Å². The fraction of sp³-hybridized carbons (Fsp3) is 0.321. The van der Waals surface area contributed by atoms with Crippen LogP contribution in [0.15, 0.2) is 67.0 Å². The fourth-order valence-corrected chi connectivity index (χ4v) is 4.68. The molecule has 0 saturated carbocycles. The molecule has 1 saturated heterocycles. The molecule has 0 radical (unpaired) electrons. The first-order chi connectivity index (χ1) is 17.6. The second-order valence-corrected chi connectivity index (χ2v) is 9.01. The summed E-state index contributed by atoms with van der Waals surface area (Å²) in [5.74, 6) is -0.142. The Balaban J connectivity index is 1.39. The van der Waals surface area contributed by atoms with E-state index >= 15 is 0 Å². The highest BCUT2D eigenvalue weighted by molar-refractivity contribution is 5.83. The molecule has 1 spiro atoms. The first kappa shape index (κ1) is 24.1. The topological polar surface area (TPSA) is 76.6 Å². The van der Waals surface area contributed by atoms with Crippen LogP contribution >= 0.6 is 0 Å². The summed E-state index contributed by atoms with van der Waals surface area (Å²) in [7, 11) is 0. The summed E-state index contributed by atoms with van der Waals surface area (Å²) in [6.07, 6.45) is 9.27. The zero-order chi connectivity index (χ0) is 24.8. The summed E-state index contributed by atoms with van der Waals surface area (Å²) in [6.45, 7) is 2.18. The van der Waals surface area contributed by atoms with E-state index in [-0.39, 0.29) is 5.82 Å². The number of nitrogens with zero attached hydrogens (tertiary/aromatic N) is 3. The minimum Gasteiger partial charge on any atom is -0.368 e. The standard InChI is InChI=1S/C28H29FN4O3/c29-24-5-1-3-21(17-24)10-14-31-27-26(33(20-34)19-22-4-2-13-30-18-22)7-6-25(32-27)23-8-11-28(12-9-23)35-15-16-36-28/h1-8,13,17-18,20H,9-12,14-16,19H2,(H,31,32). The summed E-state index contributed by atoms with van der Waals surface area (Å²) in [5.41, 5.74) is 4.46. The third kappa shape index (κ3) is 5.61. The van der Waals surface area contributed by atoms with Crippen molar-refractivity contribution in [3.05, 3.63) is 89.6 Å². The van der Waals surface area contributed by atoms with Gasteiger partial charge in [-0.3, -0.25) is 9.78 Å². The van der Waals surface area contributed by atoms with E-state index in [9.17, 15) is 9.18 Å². The third-order valence-electron chi connectivity index (χ3n) is 6.56. The summed E-state index contributed by atoms with van der Waals surface area (Å²) in [6, 6.07) is 14.2. The highest BCUT2D eigenvalue weighted by atomic mass is 19.1.